The molecule has 1 aliphatic heterocycles. The molecule has 1 aromatic rings. The lowest BCUT2D eigenvalue weighted by Crippen LogP contribution is -2.62. The normalized spacial score (nSPS) is 25.1. The third kappa shape index (κ3) is 6.81. The van der Waals surface area contributed by atoms with Gasteiger partial charge in [-0.05, 0) is 56.0 Å². The monoisotopic (exact) mass is 555 g/mol. The predicted octanol–water partition coefficient (Wildman–Crippen LogP) is 5.97. The standard InChI is InChI=1S/C27H35Cl2NO5S/c1-7-20(28)13-12-17(3)25-22(19-10-9-11-21(29)14-19)15-27(5,16-24(31)32)26(33)30(25)23(8-2)18(4)36(6,34)35/h7,9-14,18,22-23,25H,3,8,15-16H2,1-2,4-6H3,(H,31,32)/b13-12-,20-7+/t18-,22-,23+,25-,27-/m1/s1. The Morgan fingerprint density at radius 2 is 2.00 bits per heavy atom. The van der Waals surface area contributed by atoms with Gasteiger partial charge in [-0.1, -0.05) is 67.9 Å². The van der Waals surface area contributed by atoms with Crippen molar-refractivity contribution in [2.45, 2.75) is 70.2 Å². The van der Waals surface area contributed by atoms with E-state index >= 15 is 0 Å². The molecule has 1 amide bonds. The number of nitrogens with zero attached hydrogens (tertiary/aromatic N) is 1. The summed E-state index contributed by atoms with van der Waals surface area (Å²) in [7, 11) is -3.52. The molecule has 1 N–H and O–H groups in total. The Kier molecular flexibility index (Phi) is 10.0. The number of halogens is 2. The number of carboxylic acid groups (broad SMARTS) is 1. The fourth-order valence-corrected chi connectivity index (χ4v) is 6.21. The van der Waals surface area contributed by atoms with Gasteiger partial charge in [0.25, 0.3) is 0 Å². The van der Waals surface area contributed by atoms with Crippen molar-refractivity contribution >= 4 is 44.9 Å². The third-order valence-corrected chi connectivity index (χ3v) is 9.27. The first kappa shape index (κ1) is 30.1. The zero-order valence-corrected chi connectivity index (χ0v) is 23.7. The number of carboxylic acids is 1. The number of allylic oxidation sites excluding steroid dienone is 3. The van der Waals surface area contributed by atoms with Crippen LogP contribution in [0.4, 0.5) is 0 Å². The minimum Gasteiger partial charge on any atom is -0.481 e. The van der Waals surface area contributed by atoms with Crippen molar-refractivity contribution in [1.29, 1.82) is 0 Å². The molecule has 6 nitrogen and oxygen atoms in total. The molecule has 5 atom stereocenters. The molecule has 0 saturated carbocycles. The van der Waals surface area contributed by atoms with Gasteiger partial charge in [-0.3, -0.25) is 9.59 Å². The quantitative estimate of drug-likeness (QED) is 0.359. The fraction of sp³-hybridized carbons (Fsp3) is 0.481. The molecular weight excluding hydrogens is 521 g/mol. The number of sulfone groups is 1. The summed E-state index contributed by atoms with van der Waals surface area (Å²) in [6.45, 7) is 11.1. The maximum absolute atomic E-state index is 14.1. The van der Waals surface area contributed by atoms with Gasteiger partial charge in [0, 0.05) is 28.3 Å². The smallest absolute Gasteiger partial charge is 0.304 e. The summed E-state index contributed by atoms with van der Waals surface area (Å²) in [5, 5.41) is 9.79. The highest BCUT2D eigenvalue weighted by Crippen LogP contribution is 2.48. The van der Waals surface area contributed by atoms with Crippen LogP contribution in [-0.4, -0.2) is 53.9 Å². The molecular formula is C27H35Cl2NO5S. The van der Waals surface area contributed by atoms with Crippen LogP contribution in [0.1, 0.15) is 58.4 Å². The Balaban J connectivity index is 2.84. The Labute approximate surface area is 224 Å². The van der Waals surface area contributed by atoms with Crippen LogP contribution in [0.25, 0.3) is 0 Å². The van der Waals surface area contributed by atoms with E-state index < -0.39 is 44.5 Å². The molecule has 0 unspecified atom stereocenters. The maximum Gasteiger partial charge on any atom is 0.304 e. The molecule has 1 saturated heterocycles. The minimum atomic E-state index is -3.52. The second kappa shape index (κ2) is 12.0. The topological polar surface area (TPSA) is 91.8 Å². The first-order valence-electron chi connectivity index (χ1n) is 11.8. The molecule has 36 heavy (non-hydrogen) atoms. The fourth-order valence-electron chi connectivity index (χ4n) is 5.05. The summed E-state index contributed by atoms with van der Waals surface area (Å²) < 4.78 is 25.3. The van der Waals surface area contributed by atoms with Crippen molar-refractivity contribution in [2.75, 3.05) is 6.26 Å². The van der Waals surface area contributed by atoms with E-state index in [-0.39, 0.29) is 18.8 Å². The molecule has 0 radical (unpaired) electrons. The summed E-state index contributed by atoms with van der Waals surface area (Å²) in [4.78, 5) is 27.5. The van der Waals surface area contributed by atoms with Gasteiger partial charge in [0.1, 0.15) is 0 Å². The van der Waals surface area contributed by atoms with Gasteiger partial charge in [-0.15, -0.1) is 0 Å². The van der Waals surface area contributed by atoms with Crippen LogP contribution >= 0.6 is 23.2 Å². The Morgan fingerprint density at radius 3 is 2.50 bits per heavy atom. The lowest BCUT2D eigenvalue weighted by Gasteiger charge is -2.52. The number of aliphatic carboxylic acids is 1. The van der Waals surface area contributed by atoms with Crippen LogP contribution in [0.5, 0.6) is 0 Å². The Morgan fingerprint density at radius 1 is 1.36 bits per heavy atom. The molecule has 0 aliphatic carbocycles. The number of amides is 1. The van der Waals surface area contributed by atoms with Gasteiger partial charge in [0.05, 0.1) is 23.1 Å². The third-order valence-electron chi connectivity index (χ3n) is 7.03. The van der Waals surface area contributed by atoms with E-state index in [1.807, 2.05) is 13.0 Å². The molecule has 0 spiro atoms. The Bertz CT molecular complexity index is 1180. The number of carbonyl (C=O) groups is 2. The second-order valence-electron chi connectivity index (χ2n) is 9.75. The molecule has 1 aromatic carbocycles. The number of likely N-dealkylation sites (tertiary alicyclic amines) is 1. The number of carbonyl (C=O) groups excluding carboxylic acids is 1. The summed E-state index contributed by atoms with van der Waals surface area (Å²) in [5.41, 5.74) is 0.116. The van der Waals surface area contributed by atoms with E-state index in [9.17, 15) is 23.1 Å². The molecule has 1 fully saturated rings. The summed E-state index contributed by atoms with van der Waals surface area (Å²) in [5.74, 6) is -1.88. The highest BCUT2D eigenvalue weighted by Gasteiger charge is 2.53. The van der Waals surface area contributed by atoms with Crippen LogP contribution in [0.3, 0.4) is 0 Å². The highest BCUT2D eigenvalue weighted by atomic mass is 35.5. The zero-order chi connectivity index (χ0) is 27.4. The molecule has 2 rings (SSSR count). The summed E-state index contributed by atoms with van der Waals surface area (Å²) in [6.07, 6.45) is 6.46. The van der Waals surface area contributed by atoms with E-state index in [0.29, 0.717) is 22.0 Å². The SMILES string of the molecule is C=C(/C=C\C(Cl)=C/C)[C@@H]1[C@@H](c2cccc(Cl)c2)C[C@](C)(CC(=O)O)C(=O)N1[C@@H](CC)[C@@H](C)S(C)(=O)=O. The van der Waals surface area contributed by atoms with Gasteiger partial charge in [-0.25, -0.2) is 8.42 Å². The van der Waals surface area contributed by atoms with E-state index in [1.165, 1.54) is 0 Å². The molecule has 9 heteroatoms. The number of rotatable bonds is 10. The van der Waals surface area contributed by atoms with Gasteiger partial charge >= 0.3 is 5.97 Å². The van der Waals surface area contributed by atoms with E-state index in [1.54, 1.807) is 62.1 Å². The molecule has 1 aliphatic rings. The molecule has 0 bridgehead atoms. The lowest BCUT2D eigenvalue weighted by molar-refractivity contribution is -0.158. The van der Waals surface area contributed by atoms with Crippen LogP contribution < -0.4 is 0 Å². The number of hydrogen-bond donors (Lipinski definition) is 1. The minimum absolute atomic E-state index is 0.230. The van der Waals surface area contributed by atoms with Gasteiger partial charge in [-0.2, -0.15) is 0 Å². The largest absolute Gasteiger partial charge is 0.481 e. The van der Waals surface area contributed by atoms with Gasteiger partial charge in [0.15, 0.2) is 9.84 Å². The van der Waals surface area contributed by atoms with E-state index in [0.717, 1.165) is 11.8 Å². The van der Waals surface area contributed by atoms with Crippen LogP contribution in [0, 0.1) is 5.41 Å². The van der Waals surface area contributed by atoms with E-state index in [4.69, 9.17) is 23.2 Å². The molecule has 0 aromatic heterocycles. The zero-order valence-electron chi connectivity index (χ0n) is 21.4. The van der Waals surface area contributed by atoms with Crippen LogP contribution in [0.15, 0.2) is 59.7 Å². The van der Waals surface area contributed by atoms with Crippen LogP contribution in [-0.2, 0) is 19.4 Å². The van der Waals surface area contributed by atoms with Gasteiger partial charge < -0.3 is 10.0 Å². The van der Waals surface area contributed by atoms with Crippen molar-refractivity contribution < 1.29 is 23.1 Å². The first-order chi connectivity index (χ1) is 16.7. The average Bonchev–Trinajstić information content (AvgIpc) is 2.79. The summed E-state index contributed by atoms with van der Waals surface area (Å²) >= 11 is 12.5. The molecule has 198 valence electrons. The van der Waals surface area contributed by atoms with Gasteiger partial charge in [0.2, 0.25) is 5.91 Å². The van der Waals surface area contributed by atoms with Crippen molar-refractivity contribution in [3.05, 3.63) is 70.3 Å². The van der Waals surface area contributed by atoms with Crippen molar-refractivity contribution in [3.63, 3.8) is 0 Å². The first-order valence-corrected chi connectivity index (χ1v) is 14.5. The summed E-state index contributed by atoms with van der Waals surface area (Å²) in [6, 6.07) is 5.89. The number of benzene rings is 1. The van der Waals surface area contributed by atoms with Crippen molar-refractivity contribution in [3.8, 4) is 0 Å². The average molecular weight is 557 g/mol. The van der Waals surface area contributed by atoms with Crippen molar-refractivity contribution in [1.82, 2.24) is 4.90 Å². The predicted molar refractivity (Wildman–Crippen MR) is 146 cm³/mol. The number of piperidine rings is 1. The number of hydrogen-bond acceptors (Lipinski definition) is 4. The van der Waals surface area contributed by atoms with Crippen LogP contribution in [0.2, 0.25) is 5.02 Å². The highest BCUT2D eigenvalue weighted by molar-refractivity contribution is 7.91. The second-order valence-corrected chi connectivity index (χ2v) is 13.0. The van der Waals surface area contributed by atoms with E-state index in [2.05, 4.69) is 6.58 Å². The van der Waals surface area contributed by atoms with Crippen molar-refractivity contribution in [2.24, 2.45) is 5.41 Å². The molecule has 1 heterocycles. The lowest BCUT2D eigenvalue weighted by atomic mass is 9.67. The Hall–Kier alpha value is -2.09. The maximum atomic E-state index is 14.1.